The summed E-state index contributed by atoms with van der Waals surface area (Å²) in [5.41, 5.74) is 1.95. The lowest BCUT2D eigenvalue weighted by Crippen LogP contribution is -2.14. The number of pyridine rings is 2. The summed E-state index contributed by atoms with van der Waals surface area (Å²) < 4.78 is 1.86. The van der Waals surface area contributed by atoms with E-state index in [0.717, 1.165) is 15.9 Å². The second-order valence-corrected chi connectivity index (χ2v) is 7.61. The van der Waals surface area contributed by atoms with E-state index in [1.165, 1.54) is 11.8 Å². The van der Waals surface area contributed by atoms with E-state index in [2.05, 4.69) is 34.2 Å². The molecule has 3 heterocycles. The second-order valence-electron chi connectivity index (χ2n) is 6.55. The maximum atomic E-state index is 12.9. The van der Waals surface area contributed by atoms with Crippen LogP contribution in [-0.2, 0) is 0 Å². The first-order chi connectivity index (χ1) is 13.6. The summed E-state index contributed by atoms with van der Waals surface area (Å²) in [6.07, 6.45) is 5.11. The van der Waals surface area contributed by atoms with Crippen LogP contribution in [0.2, 0.25) is 0 Å². The van der Waals surface area contributed by atoms with Crippen LogP contribution in [0.15, 0.2) is 77.0 Å². The molecular weight excluding hydrogens is 370 g/mol. The molecular formula is C21H19N5OS. The minimum absolute atomic E-state index is 0.219. The van der Waals surface area contributed by atoms with Crippen LogP contribution in [0.4, 0.5) is 5.69 Å². The molecule has 0 aliphatic heterocycles. The molecule has 0 saturated heterocycles. The molecule has 1 N–H and O–H groups in total. The van der Waals surface area contributed by atoms with Crippen molar-refractivity contribution in [1.82, 2.24) is 19.7 Å². The molecule has 0 bridgehead atoms. The van der Waals surface area contributed by atoms with E-state index < -0.39 is 0 Å². The highest BCUT2D eigenvalue weighted by molar-refractivity contribution is 7.99. The number of aromatic nitrogens is 4. The summed E-state index contributed by atoms with van der Waals surface area (Å²) in [4.78, 5) is 22.7. The zero-order valence-electron chi connectivity index (χ0n) is 15.5. The standard InChI is InChI=1S/C21H19N5OS/c1-14(2)26-19-15(12-24-26)11-16(13-23-19)25-20(27)18-9-6-10-22-21(18)28-17-7-4-3-5-8-17/h3-14H,1-2H3,(H,25,27). The SMILES string of the molecule is CC(C)n1ncc2cc(NC(=O)c3cccnc3Sc3ccccc3)cnc21. The number of nitrogens with one attached hydrogen (secondary N) is 1. The number of rotatable bonds is 5. The van der Waals surface area contributed by atoms with Gasteiger partial charge in [-0.15, -0.1) is 0 Å². The maximum absolute atomic E-state index is 12.9. The van der Waals surface area contributed by atoms with Crippen molar-refractivity contribution in [1.29, 1.82) is 0 Å². The van der Waals surface area contributed by atoms with Gasteiger partial charge in [-0.2, -0.15) is 5.10 Å². The molecule has 0 aliphatic rings. The monoisotopic (exact) mass is 389 g/mol. The van der Waals surface area contributed by atoms with Crippen LogP contribution in [0, 0.1) is 0 Å². The largest absolute Gasteiger partial charge is 0.320 e. The van der Waals surface area contributed by atoms with Gasteiger partial charge in [0.1, 0.15) is 5.03 Å². The second kappa shape index (κ2) is 7.82. The van der Waals surface area contributed by atoms with Crippen molar-refractivity contribution >= 4 is 34.4 Å². The molecule has 4 rings (SSSR count). The molecule has 28 heavy (non-hydrogen) atoms. The van der Waals surface area contributed by atoms with Gasteiger partial charge in [0, 0.05) is 22.5 Å². The summed E-state index contributed by atoms with van der Waals surface area (Å²) in [7, 11) is 0. The van der Waals surface area contributed by atoms with Gasteiger partial charge in [0.15, 0.2) is 5.65 Å². The van der Waals surface area contributed by atoms with Crippen LogP contribution in [-0.4, -0.2) is 25.7 Å². The number of amides is 1. The normalized spacial score (nSPS) is 11.1. The van der Waals surface area contributed by atoms with Crippen molar-refractivity contribution < 1.29 is 4.79 Å². The number of anilines is 1. The smallest absolute Gasteiger partial charge is 0.258 e. The van der Waals surface area contributed by atoms with Crippen molar-refractivity contribution in [2.45, 2.75) is 29.8 Å². The predicted molar refractivity (Wildman–Crippen MR) is 111 cm³/mol. The average molecular weight is 389 g/mol. The minimum atomic E-state index is -0.219. The van der Waals surface area contributed by atoms with Crippen LogP contribution in [0.3, 0.4) is 0 Å². The lowest BCUT2D eigenvalue weighted by atomic mass is 10.2. The zero-order valence-corrected chi connectivity index (χ0v) is 16.4. The molecule has 0 saturated carbocycles. The van der Waals surface area contributed by atoms with Gasteiger partial charge in [-0.3, -0.25) is 4.79 Å². The highest BCUT2D eigenvalue weighted by atomic mass is 32.2. The van der Waals surface area contributed by atoms with E-state index in [1.54, 1.807) is 30.7 Å². The Hall–Kier alpha value is -3.19. The topological polar surface area (TPSA) is 72.7 Å². The number of carbonyl (C=O) groups is 1. The summed E-state index contributed by atoms with van der Waals surface area (Å²) >= 11 is 1.46. The molecule has 7 heteroatoms. The Morgan fingerprint density at radius 2 is 1.89 bits per heavy atom. The molecule has 140 valence electrons. The summed E-state index contributed by atoms with van der Waals surface area (Å²) in [6, 6.07) is 15.5. The molecule has 1 amide bonds. The highest BCUT2D eigenvalue weighted by Gasteiger charge is 2.15. The van der Waals surface area contributed by atoms with E-state index in [4.69, 9.17) is 0 Å². The summed E-state index contributed by atoms with van der Waals surface area (Å²) in [5.74, 6) is -0.219. The number of hydrogen-bond donors (Lipinski definition) is 1. The number of nitrogens with zero attached hydrogens (tertiary/aromatic N) is 4. The van der Waals surface area contributed by atoms with Crippen molar-refractivity contribution in [3.05, 3.63) is 72.7 Å². The summed E-state index contributed by atoms with van der Waals surface area (Å²) in [5, 5.41) is 8.83. The van der Waals surface area contributed by atoms with Crippen LogP contribution in [0.5, 0.6) is 0 Å². The van der Waals surface area contributed by atoms with Gasteiger partial charge < -0.3 is 5.32 Å². The van der Waals surface area contributed by atoms with Gasteiger partial charge in [-0.1, -0.05) is 30.0 Å². The first-order valence-corrected chi connectivity index (χ1v) is 9.76. The average Bonchev–Trinajstić information content (AvgIpc) is 3.13. The lowest BCUT2D eigenvalue weighted by molar-refractivity contribution is 0.102. The number of carbonyl (C=O) groups excluding carboxylic acids is 1. The van der Waals surface area contributed by atoms with Gasteiger partial charge in [0.05, 0.1) is 23.6 Å². The summed E-state index contributed by atoms with van der Waals surface area (Å²) in [6.45, 7) is 4.11. The molecule has 4 aromatic rings. The first-order valence-electron chi connectivity index (χ1n) is 8.94. The molecule has 0 unspecified atom stereocenters. The molecule has 1 aromatic carbocycles. The fourth-order valence-electron chi connectivity index (χ4n) is 2.83. The van der Waals surface area contributed by atoms with E-state index in [9.17, 15) is 4.79 Å². The van der Waals surface area contributed by atoms with E-state index in [0.29, 0.717) is 16.3 Å². The third-order valence-electron chi connectivity index (χ3n) is 4.15. The molecule has 6 nitrogen and oxygen atoms in total. The third kappa shape index (κ3) is 3.75. The predicted octanol–water partition coefficient (Wildman–Crippen LogP) is 4.81. The van der Waals surface area contributed by atoms with Gasteiger partial charge in [-0.25, -0.2) is 14.6 Å². The van der Waals surface area contributed by atoms with Crippen molar-refractivity contribution in [2.75, 3.05) is 5.32 Å². The quantitative estimate of drug-likeness (QED) is 0.530. The van der Waals surface area contributed by atoms with Crippen molar-refractivity contribution in [3.63, 3.8) is 0 Å². The number of hydrogen-bond acceptors (Lipinski definition) is 5. The van der Waals surface area contributed by atoms with Gasteiger partial charge >= 0.3 is 0 Å². The molecule has 0 fully saturated rings. The third-order valence-corrected chi connectivity index (χ3v) is 5.18. The number of benzene rings is 1. The molecule has 3 aromatic heterocycles. The fourth-order valence-corrected chi connectivity index (χ4v) is 3.73. The maximum Gasteiger partial charge on any atom is 0.258 e. The Balaban J connectivity index is 1.58. The highest BCUT2D eigenvalue weighted by Crippen LogP contribution is 2.29. The number of fused-ring (bicyclic) bond motifs is 1. The molecule has 0 spiro atoms. The van der Waals surface area contributed by atoms with Crippen LogP contribution < -0.4 is 5.32 Å². The molecule has 0 radical (unpaired) electrons. The van der Waals surface area contributed by atoms with Crippen LogP contribution >= 0.6 is 11.8 Å². The van der Waals surface area contributed by atoms with Crippen molar-refractivity contribution in [3.8, 4) is 0 Å². The zero-order chi connectivity index (χ0) is 19.5. The van der Waals surface area contributed by atoms with E-state index >= 15 is 0 Å². The Morgan fingerprint density at radius 1 is 1.07 bits per heavy atom. The van der Waals surface area contributed by atoms with Gasteiger partial charge in [0.25, 0.3) is 5.91 Å². The van der Waals surface area contributed by atoms with Crippen molar-refractivity contribution in [2.24, 2.45) is 0 Å². The van der Waals surface area contributed by atoms with Crippen LogP contribution in [0.1, 0.15) is 30.2 Å². The van der Waals surface area contributed by atoms with Gasteiger partial charge in [-0.05, 0) is 44.2 Å². The fraction of sp³-hybridized carbons (Fsp3) is 0.143. The Bertz CT molecular complexity index is 1120. The lowest BCUT2D eigenvalue weighted by Gasteiger charge is -2.10. The van der Waals surface area contributed by atoms with E-state index in [1.807, 2.05) is 41.1 Å². The Morgan fingerprint density at radius 3 is 2.68 bits per heavy atom. The van der Waals surface area contributed by atoms with Crippen LogP contribution in [0.25, 0.3) is 11.0 Å². The van der Waals surface area contributed by atoms with E-state index in [-0.39, 0.29) is 11.9 Å². The van der Waals surface area contributed by atoms with Gasteiger partial charge in [0.2, 0.25) is 0 Å². The Kier molecular flexibility index (Phi) is 5.08. The Labute approximate surface area is 167 Å². The molecule has 0 aliphatic carbocycles. The minimum Gasteiger partial charge on any atom is -0.320 e. The first kappa shape index (κ1) is 18.2. The molecule has 0 atom stereocenters.